The topological polar surface area (TPSA) is 81.5 Å². The molecule has 1 saturated heterocycles. The molecule has 9 heteroatoms. The predicted octanol–water partition coefficient (Wildman–Crippen LogP) is 1.39. The second-order valence-electron chi connectivity index (χ2n) is 4.13. The minimum atomic E-state index is -0.673. The largest absolute Gasteiger partial charge is 0.444 e. The number of hydrogen-bond donors (Lipinski definition) is 0. The number of carbonyl (C=O) groups is 1. The number of rotatable bonds is 3. The fourth-order valence-electron chi connectivity index (χ4n) is 1.77. The number of furan rings is 1. The summed E-state index contributed by atoms with van der Waals surface area (Å²) in [6, 6.07) is 3.29. The quantitative estimate of drug-likeness (QED) is 0.823. The lowest BCUT2D eigenvalue weighted by Gasteiger charge is -2.12. The van der Waals surface area contributed by atoms with E-state index in [-0.39, 0.29) is 18.3 Å². The average Bonchev–Trinajstić information content (AvgIpc) is 3.11. The molecule has 3 rings (SSSR count). The third-order valence-corrected chi connectivity index (χ3v) is 4.17. The van der Waals surface area contributed by atoms with Crippen molar-refractivity contribution in [2.24, 2.45) is 0 Å². The first-order valence-corrected chi connectivity index (χ1v) is 7.77. The van der Waals surface area contributed by atoms with E-state index in [0.717, 1.165) is 10.4 Å². The van der Waals surface area contributed by atoms with E-state index in [2.05, 4.69) is 21.0 Å². The lowest BCUT2D eigenvalue weighted by Crippen LogP contribution is -2.34. The number of amides is 1. The third-order valence-electron chi connectivity index (χ3n) is 2.78. The van der Waals surface area contributed by atoms with Crippen LogP contribution in [0.5, 0.6) is 0 Å². The van der Waals surface area contributed by atoms with Gasteiger partial charge in [0.1, 0.15) is 6.54 Å². The van der Waals surface area contributed by atoms with Crippen molar-refractivity contribution in [3.05, 3.63) is 27.4 Å². The number of nitrogens with zero attached hydrogens (tertiary/aromatic N) is 3. The molecule has 1 fully saturated rings. The van der Waals surface area contributed by atoms with Crippen molar-refractivity contribution in [3.8, 4) is 11.7 Å². The summed E-state index contributed by atoms with van der Waals surface area (Å²) in [5.41, 5.74) is 0. The predicted molar refractivity (Wildman–Crippen MR) is 75.2 cm³/mol. The summed E-state index contributed by atoms with van der Waals surface area (Å²) >= 11 is 4.84. The number of hydrogen-bond acceptors (Lipinski definition) is 6. The molecule has 106 valence electrons. The Morgan fingerprint density at radius 2 is 2.30 bits per heavy atom. The highest BCUT2D eigenvalue weighted by Crippen LogP contribution is 2.22. The molecule has 0 saturated carbocycles. The summed E-state index contributed by atoms with van der Waals surface area (Å²) in [6.07, 6.45) is 0. The maximum absolute atomic E-state index is 12.0. The average molecular weight is 360 g/mol. The molecular formula is C11H10BrN3O4S. The zero-order valence-corrected chi connectivity index (χ0v) is 12.6. The van der Waals surface area contributed by atoms with Crippen LogP contribution in [0.2, 0.25) is 0 Å². The highest BCUT2D eigenvalue weighted by Gasteiger charge is 2.21. The van der Waals surface area contributed by atoms with Crippen molar-refractivity contribution < 1.29 is 13.6 Å². The van der Waals surface area contributed by atoms with Gasteiger partial charge in [-0.25, -0.2) is 4.79 Å². The standard InChI is InChI=1S/C11H10BrN3O4S/c12-8-2-1-7(18-8)10-13-15(11(17)19-10)5-9(16)14-3-4-20-6-14/h1-2H,3-6H2. The second-order valence-corrected chi connectivity index (χ2v) is 5.99. The maximum Gasteiger partial charge on any atom is 0.437 e. The van der Waals surface area contributed by atoms with Crippen molar-refractivity contribution in [1.82, 2.24) is 14.7 Å². The first kappa shape index (κ1) is 13.5. The summed E-state index contributed by atoms with van der Waals surface area (Å²) in [5.74, 6) is 1.15. The lowest BCUT2D eigenvalue weighted by atomic mass is 10.4. The Kier molecular flexibility index (Phi) is 3.70. The van der Waals surface area contributed by atoms with E-state index in [0.29, 0.717) is 22.9 Å². The van der Waals surface area contributed by atoms with Gasteiger partial charge in [0.15, 0.2) is 10.4 Å². The minimum absolute atomic E-state index is 0.0595. The smallest absolute Gasteiger partial charge is 0.437 e. The number of thioether (sulfide) groups is 1. The minimum Gasteiger partial charge on any atom is -0.444 e. The summed E-state index contributed by atoms with van der Waals surface area (Å²) < 4.78 is 11.8. The normalized spacial score (nSPS) is 14.9. The van der Waals surface area contributed by atoms with Crippen molar-refractivity contribution >= 4 is 33.6 Å². The van der Waals surface area contributed by atoms with Gasteiger partial charge in [-0.2, -0.15) is 4.68 Å². The molecule has 2 aromatic heterocycles. The van der Waals surface area contributed by atoms with E-state index in [1.807, 2.05) is 0 Å². The first-order chi connectivity index (χ1) is 9.63. The van der Waals surface area contributed by atoms with Crippen LogP contribution < -0.4 is 5.76 Å². The van der Waals surface area contributed by atoms with Crippen LogP contribution in [0.4, 0.5) is 0 Å². The highest BCUT2D eigenvalue weighted by atomic mass is 79.9. The van der Waals surface area contributed by atoms with E-state index in [9.17, 15) is 9.59 Å². The SMILES string of the molecule is O=C(Cn1nc(-c2ccc(Br)o2)oc1=O)N1CCSC1. The molecule has 1 aliphatic rings. The van der Waals surface area contributed by atoms with Gasteiger partial charge < -0.3 is 13.7 Å². The molecule has 2 aromatic rings. The maximum atomic E-state index is 12.0. The molecule has 0 spiro atoms. The van der Waals surface area contributed by atoms with Crippen LogP contribution in [0.15, 0.2) is 30.4 Å². The lowest BCUT2D eigenvalue weighted by molar-refractivity contribution is -0.130. The molecule has 0 N–H and O–H groups in total. The third kappa shape index (κ3) is 2.68. The molecule has 0 bridgehead atoms. The summed E-state index contributed by atoms with van der Waals surface area (Å²) in [4.78, 5) is 25.3. The van der Waals surface area contributed by atoms with Gasteiger partial charge in [-0.05, 0) is 28.1 Å². The van der Waals surface area contributed by atoms with Gasteiger partial charge >= 0.3 is 5.76 Å². The Morgan fingerprint density at radius 3 is 2.95 bits per heavy atom. The Hall–Kier alpha value is -1.48. The Bertz CT molecular complexity index is 686. The molecule has 0 aromatic carbocycles. The van der Waals surface area contributed by atoms with E-state index < -0.39 is 5.76 Å². The van der Waals surface area contributed by atoms with E-state index >= 15 is 0 Å². The number of halogens is 1. The van der Waals surface area contributed by atoms with Crippen LogP contribution in [0.3, 0.4) is 0 Å². The molecule has 7 nitrogen and oxygen atoms in total. The van der Waals surface area contributed by atoms with Gasteiger partial charge in [0.05, 0.1) is 5.88 Å². The zero-order valence-electron chi connectivity index (χ0n) is 10.2. The fraction of sp³-hybridized carbons (Fsp3) is 0.364. The van der Waals surface area contributed by atoms with E-state index in [1.54, 1.807) is 28.8 Å². The van der Waals surface area contributed by atoms with E-state index in [1.165, 1.54) is 0 Å². The van der Waals surface area contributed by atoms with Crippen molar-refractivity contribution in [2.45, 2.75) is 6.54 Å². The molecule has 0 unspecified atom stereocenters. The van der Waals surface area contributed by atoms with Gasteiger partial charge in [-0.1, -0.05) is 0 Å². The van der Waals surface area contributed by atoms with Gasteiger partial charge in [-0.15, -0.1) is 16.9 Å². The van der Waals surface area contributed by atoms with Gasteiger partial charge in [0, 0.05) is 12.3 Å². The number of carbonyl (C=O) groups excluding carboxylic acids is 1. The molecule has 0 radical (unpaired) electrons. The van der Waals surface area contributed by atoms with Crippen LogP contribution in [-0.2, 0) is 11.3 Å². The van der Waals surface area contributed by atoms with Gasteiger partial charge in [-0.3, -0.25) is 4.79 Å². The molecule has 0 atom stereocenters. The first-order valence-electron chi connectivity index (χ1n) is 5.82. The molecule has 1 amide bonds. The molecule has 3 heterocycles. The summed E-state index contributed by atoms with van der Waals surface area (Å²) in [6.45, 7) is 0.582. The van der Waals surface area contributed by atoms with E-state index in [4.69, 9.17) is 8.83 Å². The number of aromatic nitrogens is 2. The Labute approximate surface area is 126 Å². The monoisotopic (exact) mass is 359 g/mol. The summed E-state index contributed by atoms with van der Waals surface area (Å²) in [7, 11) is 0. The molecule has 1 aliphatic heterocycles. The van der Waals surface area contributed by atoms with Crippen LogP contribution in [0, 0.1) is 0 Å². The van der Waals surface area contributed by atoms with Crippen LogP contribution in [0.25, 0.3) is 11.7 Å². The fourth-order valence-corrected chi connectivity index (χ4v) is 3.05. The summed E-state index contributed by atoms with van der Waals surface area (Å²) in [5, 5.41) is 3.97. The van der Waals surface area contributed by atoms with Crippen molar-refractivity contribution in [3.63, 3.8) is 0 Å². The van der Waals surface area contributed by atoms with Crippen molar-refractivity contribution in [1.29, 1.82) is 0 Å². The second kappa shape index (κ2) is 5.49. The van der Waals surface area contributed by atoms with Crippen LogP contribution >= 0.6 is 27.7 Å². The highest BCUT2D eigenvalue weighted by molar-refractivity contribution is 9.10. The zero-order chi connectivity index (χ0) is 14.1. The van der Waals surface area contributed by atoms with Gasteiger partial charge in [0.25, 0.3) is 5.89 Å². The van der Waals surface area contributed by atoms with Crippen molar-refractivity contribution in [2.75, 3.05) is 18.2 Å². The van der Waals surface area contributed by atoms with Gasteiger partial charge in [0.2, 0.25) is 5.91 Å². The Balaban J connectivity index is 1.79. The Morgan fingerprint density at radius 1 is 1.45 bits per heavy atom. The van der Waals surface area contributed by atoms with Crippen LogP contribution in [0.1, 0.15) is 0 Å². The molecule has 0 aliphatic carbocycles. The molecule has 20 heavy (non-hydrogen) atoms. The molecular weight excluding hydrogens is 350 g/mol. The van der Waals surface area contributed by atoms with Crippen LogP contribution in [-0.4, -0.2) is 38.8 Å².